The molecule has 1 fully saturated rings. The van der Waals surface area contributed by atoms with Crippen molar-refractivity contribution < 1.29 is 9.53 Å². The highest BCUT2D eigenvalue weighted by atomic mass is 16.6. The first-order chi connectivity index (χ1) is 9.77. The Morgan fingerprint density at radius 1 is 1.20 bits per heavy atom. The molecule has 1 saturated heterocycles. The number of amides is 1. The van der Waals surface area contributed by atoms with Crippen molar-refractivity contribution in [1.82, 2.24) is 5.32 Å². The van der Waals surface area contributed by atoms with Gasteiger partial charge in [-0.25, -0.2) is 0 Å². The first-order valence-corrected chi connectivity index (χ1v) is 8.05. The van der Waals surface area contributed by atoms with E-state index in [1.54, 1.807) is 0 Å². The first-order valence-electron chi connectivity index (χ1n) is 8.05. The van der Waals surface area contributed by atoms with Gasteiger partial charge in [-0.3, -0.25) is 4.79 Å². The van der Waals surface area contributed by atoms with E-state index >= 15 is 0 Å². The average Bonchev–Trinajstić information content (AvgIpc) is 3.19. The van der Waals surface area contributed by atoms with Gasteiger partial charge in [-0.15, -0.1) is 0 Å². The molecule has 2 atom stereocenters. The molecule has 0 aromatic carbocycles. The third-order valence-corrected chi connectivity index (χ3v) is 3.57. The Morgan fingerprint density at radius 2 is 2.05 bits per heavy atom. The number of epoxide rings is 1. The number of rotatable bonds is 12. The third kappa shape index (κ3) is 8.33. The van der Waals surface area contributed by atoms with Crippen LogP contribution in [0.4, 0.5) is 0 Å². The summed E-state index contributed by atoms with van der Waals surface area (Å²) >= 11 is 0. The molecule has 0 aromatic rings. The van der Waals surface area contributed by atoms with E-state index in [9.17, 15) is 4.79 Å². The lowest BCUT2D eigenvalue weighted by atomic mass is 10.1. The van der Waals surface area contributed by atoms with E-state index in [4.69, 9.17) is 10.5 Å². The number of hydrogen-bond donors (Lipinski definition) is 2. The molecule has 0 bridgehead atoms. The first kappa shape index (κ1) is 17.2. The molecule has 0 saturated carbocycles. The van der Waals surface area contributed by atoms with Gasteiger partial charge in [0, 0.05) is 13.0 Å². The maximum absolute atomic E-state index is 11.5. The Kier molecular flexibility index (Phi) is 9.33. The van der Waals surface area contributed by atoms with Gasteiger partial charge in [0.15, 0.2) is 0 Å². The molecule has 1 rings (SSSR count). The van der Waals surface area contributed by atoms with Crippen molar-refractivity contribution in [3.63, 3.8) is 0 Å². The predicted octanol–water partition coefficient (Wildman–Crippen LogP) is 2.53. The van der Waals surface area contributed by atoms with Gasteiger partial charge in [0.05, 0.1) is 12.2 Å². The van der Waals surface area contributed by atoms with Gasteiger partial charge < -0.3 is 15.8 Å². The van der Waals surface area contributed by atoms with Crippen molar-refractivity contribution >= 4 is 5.91 Å². The highest BCUT2D eigenvalue weighted by Crippen LogP contribution is 2.30. The van der Waals surface area contributed by atoms with E-state index in [-0.39, 0.29) is 5.91 Å². The second-order valence-electron chi connectivity index (χ2n) is 5.47. The fraction of sp³-hybridized carbons (Fsp3) is 0.812. The quantitative estimate of drug-likeness (QED) is 0.328. The Hall–Kier alpha value is -0.870. The zero-order valence-electron chi connectivity index (χ0n) is 12.8. The van der Waals surface area contributed by atoms with Crippen LogP contribution >= 0.6 is 0 Å². The lowest BCUT2D eigenvalue weighted by molar-refractivity contribution is -0.120. The van der Waals surface area contributed by atoms with Gasteiger partial charge >= 0.3 is 0 Å². The van der Waals surface area contributed by atoms with E-state index in [2.05, 4.69) is 18.3 Å². The Labute approximate surface area is 123 Å². The third-order valence-electron chi connectivity index (χ3n) is 3.57. The Bertz CT molecular complexity index is 292. The summed E-state index contributed by atoms with van der Waals surface area (Å²) in [4.78, 5) is 11.5. The number of unbranched alkanes of at least 4 members (excludes halogenated alkanes) is 3. The summed E-state index contributed by atoms with van der Waals surface area (Å²) in [5.74, 6) is 0.0921. The minimum Gasteiger partial charge on any atom is -0.369 e. The molecule has 0 aromatic heterocycles. The van der Waals surface area contributed by atoms with Crippen molar-refractivity contribution in [3.05, 3.63) is 12.2 Å². The van der Waals surface area contributed by atoms with E-state index in [0.29, 0.717) is 25.2 Å². The maximum Gasteiger partial charge on any atom is 0.223 e. The van der Waals surface area contributed by atoms with Gasteiger partial charge in [-0.1, -0.05) is 38.3 Å². The molecule has 20 heavy (non-hydrogen) atoms. The van der Waals surface area contributed by atoms with Gasteiger partial charge in [0.25, 0.3) is 0 Å². The van der Waals surface area contributed by atoms with Crippen LogP contribution in [0.3, 0.4) is 0 Å². The number of carbonyl (C=O) groups is 1. The van der Waals surface area contributed by atoms with E-state index in [1.807, 2.05) is 6.08 Å². The summed E-state index contributed by atoms with van der Waals surface area (Å²) in [5.41, 5.74) is 5.39. The second kappa shape index (κ2) is 10.9. The number of nitrogens with one attached hydrogen (secondary N) is 1. The molecule has 116 valence electrons. The second-order valence-corrected chi connectivity index (χ2v) is 5.47. The van der Waals surface area contributed by atoms with Crippen LogP contribution in [0.5, 0.6) is 0 Å². The number of hydrogen-bond acceptors (Lipinski definition) is 3. The van der Waals surface area contributed by atoms with Crippen LogP contribution in [0.2, 0.25) is 0 Å². The molecule has 0 spiro atoms. The molecule has 0 radical (unpaired) electrons. The SMILES string of the molecule is CCCCCC1OC1C/C=C/CC(=O)NCCCCN. The van der Waals surface area contributed by atoms with Crippen LogP contribution in [0.15, 0.2) is 12.2 Å². The topological polar surface area (TPSA) is 67.7 Å². The predicted molar refractivity (Wildman–Crippen MR) is 82.5 cm³/mol. The molecule has 1 heterocycles. The van der Waals surface area contributed by atoms with E-state index < -0.39 is 0 Å². The molecular formula is C16H30N2O2. The molecular weight excluding hydrogens is 252 g/mol. The molecule has 2 unspecified atom stereocenters. The number of carbonyl (C=O) groups excluding carboxylic acids is 1. The Morgan fingerprint density at radius 3 is 2.80 bits per heavy atom. The highest BCUT2D eigenvalue weighted by molar-refractivity contribution is 5.77. The van der Waals surface area contributed by atoms with Crippen LogP contribution in [-0.4, -0.2) is 31.2 Å². The monoisotopic (exact) mass is 282 g/mol. The lowest BCUT2D eigenvalue weighted by Gasteiger charge is -2.01. The number of nitrogens with two attached hydrogens (primary N) is 1. The Balaban J connectivity index is 1.93. The average molecular weight is 282 g/mol. The van der Waals surface area contributed by atoms with Crippen molar-refractivity contribution in [3.8, 4) is 0 Å². The molecule has 1 aliphatic heterocycles. The maximum atomic E-state index is 11.5. The van der Waals surface area contributed by atoms with Gasteiger partial charge in [-0.2, -0.15) is 0 Å². The zero-order valence-corrected chi connectivity index (χ0v) is 12.8. The summed E-state index contributed by atoms with van der Waals surface area (Å²) in [7, 11) is 0. The van der Waals surface area contributed by atoms with Crippen molar-refractivity contribution in [2.24, 2.45) is 5.73 Å². The summed E-state index contributed by atoms with van der Waals surface area (Å²) in [5, 5.41) is 2.89. The summed E-state index contributed by atoms with van der Waals surface area (Å²) in [6.07, 6.45) is 13.2. The fourth-order valence-electron chi connectivity index (χ4n) is 2.23. The van der Waals surface area contributed by atoms with Crippen LogP contribution in [0, 0.1) is 0 Å². The van der Waals surface area contributed by atoms with Gasteiger partial charge in [0.1, 0.15) is 0 Å². The van der Waals surface area contributed by atoms with Crippen molar-refractivity contribution in [1.29, 1.82) is 0 Å². The van der Waals surface area contributed by atoms with Crippen LogP contribution in [0.1, 0.15) is 58.3 Å². The minimum atomic E-state index is 0.0921. The minimum absolute atomic E-state index is 0.0921. The summed E-state index contributed by atoms with van der Waals surface area (Å²) in [6, 6.07) is 0. The fourth-order valence-corrected chi connectivity index (χ4v) is 2.23. The molecule has 0 aliphatic carbocycles. The summed E-state index contributed by atoms with van der Waals surface area (Å²) in [6.45, 7) is 3.64. The van der Waals surface area contributed by atoms with Crippen LogP contribution in [0.25, 0.3) is 0 Å². The summed E-state index contributed by atoms with van der Waals surface area (Å²) < 4.78 is 5.60. The zero-order chi connectivity index (χ0) is 14.6. The van der Waals surface area contributed by atoms with Crippen LogP contribution < -0.4 is 11.1 Å². The number of ether oxygens (including phenoxy) is 1. The van der Waals surface area contributed by atoms with Crippen LogP contribution in [-0.2, 0) is 9.53 Å². The normalized spacial score (nSPS) is 21.3. The lowest BCUT2D eigenvalue weighted by Crippen LogP contribution is -2.23. The largest absolute Gasteiger partial charge is 0.369 e. The highest BCUT2D eigenvalue weighted by Gasteiger charge is 2.36. The molecule has 3 N–H and O–H groups in total. The van der Waals surface area contributed by atoms with Gasteiger partial charge in [0.2, 0.25) is 5.91 Å². The molecule has 4 nitrogen and oxygen atoms in total. The molecule has 1 amide bonds. The van der Waals surface area contributed by atoms with E-state index in [0.717, 1.165) is 25.8 Å². The standard InChI is InChI=1S/C16H30N2O2/c1-2-3-4-9-14-15(20-14)10-5-6-11-16(19)18-13-8-7-12-17/h5-6,14-15H,2-4,7-13,17H2,1H3,(H,18,19)/b6-5+. The molecule has 1 aliphatic rings. The van der Waals surface area contributed by atoms with Crippen molar-refractivity contribution in [2.45, 2.75) is 70.5 Å². The molecule has 4 heteroatoms. The smallest absolute Gasteiger partial charge is 0.223 e. The van der Waals surface area contributed by atoms with E-state index in [1.165, 1.54) is 25.7 Å². The van der Waals surface area contributed by atoms with Gasteiger partial charge in [-0.05, 0) is 32.2 Å². The van der Waals surface area contributed by atoms with Crippen molar-refractivity contribution in [2.75, 3.05) is 13.1 Å².